The fraction of sp³-hybridized carbons (Fsp3) is 0.0588. The third-order valence-electron chi connectivity index (χ3n) is 3.50. The molecule has 0 aliphatic rings. The summed E-state index contributed by atoms with van der Waals surface area (Å²) in [6.45, 7) is 1.37. The molecule has 1 N–H and O–H groups in total. The van der Waals surface area contributed by atoms with Crippen LogP contribution >= 0.6 is 0 Å². The van der Waals surface area contributed by atoms with Gasteiger partial charge in [0.25, 0.3) is 5.91 Å². The van der Waals surface area contributed by atoms with Crippen LogP contribution in [0, 0.1) is 11.6 Å². The lowest BCUT2D eigenvalue weighted by molar-refractivity contribution is 0.0941. The summed E-state index contributed by atoms with van der Waals surface area (Å²) >= 11 is 0. The number of nitrogens with one attached hydrogen (secondary N) is 1. The molecule has 0 atom stereocenters. The predicted molar refractivity (Wildman–Crippen MR) is 82.5 cm³/mol. The molecule has 3 rings (SSSR count). The Hall–Kier alpha value is -3.02. The zero-order valence-corrected chi connectivity index (χ0v) is 12.1. The highest BCUT2D eigenvalue weighted by Gasteiger charge is 2.19. The van der Waals surface area contributed by atoms with Crippen LogP contribution in [0.5, 0.6) is 0 Å². The monoisotopic (exact) mass is 314 g/mol. The van der Waals surface area contributed by atoms with Crippen LogP contribution in [0.4, 0.5) is 14.5 Å². The molecule has 116 valence electrons. The number of benzene rings is 2. The Kier molecular flexibility index (Phi) is 3.65. The zero-order valence-electron chi connectivity index (χ0n) is 12.1. The number of halogens is 2. The van der Waals surface area contributed by atoms with Crippen molar-refractivity contribution < 1.29 is 18.4 Å². The van der Waals surface area contributed by atoms with Gasteiger partial charge in [0.1, 0.15) is 17.3 Å². The first kappa shape index (κ1) is 14.9. The average Bonchev–Trinajstić information content (AvgIpc) is 2.91. The lowest BCUT2D eigenvalue weighted by atomic mass is 10.1. The van der Waals surface area contributed by atoms with Crippen LogP contribution in [0.1, 0.15) is 22.1 Å². The first-order valence-electron chi connectivity index (χ1n) is 6.85. The molecule has 0 aliphatic heterocycles. The number of amides is 1. The summed E-state index contributed by atoms with van der Waals surface area (Å²) < 4.78 is 28.6. The van der Waals surface area contributed by atoms with Gasteiger partial charge in [-0.1, -0.05) is 24.3 Å². The topological polar surface area (TPSA) is 51.1 Å². The van der Waals surface area contributed by atoms with Crippen LogP contribution in [-0.4, -0.2) is 16.4 Å². The van der Waals surface area contributed by atoms with Crippen molar-refractivity contribution in [3.63, 3.8) is 0 Å². The van der Waals surface area contributed by atoms with Crippen LogP contribution in [0.15, 0.2) is 48.7 Å². The molecule has 0 saturated carbocycles. The van der Waals surface area contributed by atoms with E-state index in [2.05, 4.69) is 5.32 Å². The minimum Gasteiger partial charge on any atom is -0.317 e. The van der Waals surface area contributed by atoms with Crippen molar-refractivity contribution in [3.05, 3.63) is 65.9 Å². The van der Waals surface area contributed by atoms with Gasteiger partial charge in [-0.2, -0.15) is 0 Å². The molecule has 0 radical (unpaired) electrons. The number of para-hydroxylation sites is 2. The third kappa shape index (κ3) is 2.59. The van der Waals surface area contributed by atoms with Gasteiger partial charge in [-0.05, 0) is 18.2 Å². The number of anilines is 1. The Morgan fingerprint density at radius 2 is 1.65 bits per heavy atom. The Morgan fingerprint density at radius 3 is 2.30 bits per heavy atom. The zero-order chi connectivity index (χ0) is 16.6. The van der Waals surface area contributed by atoms with Crippen molar-refractivity contribution in [2.24, 2.45) is 0 Å². The number of rotatable bonds is 2. The third-order valence-corrected chi connectivity index (χ3v) is 3.50. The highest BCUT2D eigenvalue weighted by atomic mass is 19.1. The molecule has 0 aliphatic carbocycles. The minimum absolute atomic E-state index is 0.165. The Labute approximate surface area is 130 Å². The van der Waals surface area contributed by atoms with E-state index in [-0.39, 0.29) is 11.5 Å². The summed E-state index contributed by atoms with van der Waals surface area (Å²) in [6, 6.07) is 10.1. The molecular weight excluding hydrogens is 302 g/mol. The summed E-state index contributed by atoms with van der Waals surface area (Å²) in [6.07, 6.45) is 1.36. The SMILES string of the molecule is CC(=O)n1cc(C(=O)Nc2c(F)cccc2F)c2ccccc21. The second-order valence-corrected chi connectivity index (χ2v) is 5.00. The molecule has 1 heterocycles. The highest BCUT2D eigenvalue weighted by Crippen LogP contribution is 2.24. The van der Waals surface area contributed by atoms with E-state index in [9.17, 15) is 18.4 Å². The van der Waals surface area contributed by atoms with E-state index in [0.29, 0.717) is 10.9 Å². The van der Waals surface area contributed by atoms with Crippen molar-refractivity contribution in [1.82, 2.24) is 4.57 Å². The molecule has 1 amide bonds. The molecule has 4 nitrogen and oxygen atoms in total. The Balaban J connectivity index is 2.07. The number of fused-ring (bicyclic) bond motifs is 1. The van der Waals surface area contributed by atoms with E-state index in [1.165, 1.54) is 23.8 Å². The standard InChI is InChI=1S/C17H12F2N2O2/c1-10(22)21-9-12(11-5-2-3-8-15(11)21)17(23)20-16-13(18)6-4-7-14(16)19/h2-9H,1H3,(H,20,23). The molecule has 0 saturated heterocycles. The quantitative estimate of drug-likeness (QED) is 0.781. The number of carbonyl (C=O) groups is 2. The van der Waals surface area contributed by atoms with Crippen LogP contribution in [0.25, 0.3) is 10.9 Å². The number of hydrogen-bond donors (Lipinski definition) is 1. The van der Waals surface area contributed by atoms with Gasteiger partial charge in [0, 0.05) is 18.5 Å². The second kappa shape index (κ2) is 5.64. The smallest absolute Gasteiger partial charge is 0.258 e. The van der Waals surface area contributed by atoms with Crippen molar-refractivity contribution in [1.29, 1.82) is 0 Å². The first-order valence-corrected chi connectivity index (χ1v) is 6.85. The van der Waals surface area contributed by atoms with Crippen LogP contribution < -0.4 is 5.32 Å². The maximum Gasteiger partial charge on any atom is 0.258 e. The fourth-order valence-electron chi connectivity index (χ4n) is 2.42. The summed E-state index contributed by atoms with van der Waals surface area (Å²) in [5.74, 6) is -2.69. The molecule has 0 fully saturated rings. The normalized spacial score (nSPS) is 10.7. The van der Waals surface area contributed by atoms with Gasteiger partial charge < -0.3 is 5.32 Å². The van der Waals surface area contributed by atoms with Gasteiger partial charge in [0.2, 0.25) is 5.91 Å². The van der Waals surface area contributed by atoms with Gasteiger partial charge in [-0.3, -0.25) is 14.2 Å². The minimum atomic E-state index is -0.867. The number of nitrogens with zero attached hydrogens (tertiary/aromatic N) is 1. The molecule has 3 aromatic rings. The summed E-state index contributed by atoms with van der Waals surface area (Å²) in [7, 11) is 0. The van der Waals surface area contributed by atoms with Gasteiger partial charge >= 0.3 is 0 Å². The number of hydrogen-bond acceptors (Lipinski definition) is 2. The first-order chi connectivity index (χ1) is 11.0. The van der Waals surface area contributed by atoms with E-state index in [1.54, 1.807) is 24.3 Å². The van der Waals surface area contributed by atoms with Crippen molar-refractivity contribution in [3.8, 4) is 0 Å². The summed E-state index contributed by atoms with van der Waals surface area (Å²) in [5, 5.41) is 2.75. The molecule has 23 heavy (non-hydrogen) atoms. The van der Waals surface area contributed by atoms with Crippen molar-refractivity contribution >= 4 is 28.4 Å². The number of carbonyl (C=O) groups excluding carboxylic acids is 2. The molecule has 6 heteroatoms. The fourth-order valence-corrected chi connectivity index (χ4v) is 2.42. The highest BCUT2D eigenvalue weighted by molar-refractivity contribution is 6.14. The maximum absolute atomic E-state index is 13.7. The maximum atomic E-state index is 13.7. The number of aromatic nitrogens is 1. The lowest BCUT2D eigenvalue weighted by Gasteiger charge is -2.06. The summed E-state index contributed by atoms with van der Waals surface area (Å²) in [5.41, 5.74) is 0.203. The second-order valence-electron chi connectivity index (χ2n) is 5.00. The molecule has 0 bridgehead atoms. The van der Waals surface area contributed by atoms with Crippen molar-refractivity contribution in [2.45, 2.75) is 6.92 Å². The van der Waals surface area contributed by atoms with E-state index >= 15 is 0 Å². The Bertz CT molecular complexity index is 911. The van der Waals surface area contributed by atoms with Gasteiger partial charge in [0.15, 0.2) is 0 Å². The molecule has 0 unspecified atom stereocenters. The largest absolute Gasteiger partial charge is 0.317 e. The predicted octanol–water partition coefficient (Wildman–Crippen LogP) is 3.83. The van der Waals surface area contributed by atoms with E-state index in [1.807, 2.05) is 0 Å². The van der Waals surface area contributed by atoms with E-state index < -0.39 is 23.2 Å². The van der Waals surface area contributed by atoms with Gasteiger partial charge in [-0.15, -0.1) is 0 Å². The van der Waals surface area contributed by atoms with Crippen LogP contribution in [-0.2, 0) is 0 Å². The van der Waals surface area contributed by atoms with E-state index in [0.717, 1.165) is 12.1 Å². The Morgan fingerprint density at radius 1 is 1.00 bits per heavy atom. The average molecular weight is 314 g/mol. The van der Waals surface area contributed by atoms with Crippen molar-refractivity contribution in [2.75, 3.05) is 5.32 Å². The van der Waals surface area contributed by atoms with Gasteiger partial charge in [-0.25, -0.2) is 8.78 Å². The molecule has 1 aromatic heterocycles. The van der Waals surface area contributed by atoms with E-state index in [4.69, 9.17) is 0 Å². The molecule has 0 spiro atoms. The molecular formula is C17H12F2N2O2. The van der Waals surface area contributed by atoms with Crippen LogP contribution in [0.2, 0.25) is 0 Å². The van der Waals surface area contributed by atoms with Gasteiger partial charge in [0.05, 0.1) is 11.1 Å². The lowest BCUT2D eigenvalue weighted by Crippen LogP contribution is -2.14. The van der Waals surface area contributed by atoms with Crippen LogP contribution in [0.3, 0.4) is 0 Å². The molecule has 2 aromatic carbocycles. The summed E-state index contributed by atoms with van der Waals surface area (Å²) in [4.78, 5) is 24.1.